The number of nitrogens with two attached hydrogens (primary N) is 1. The number of nitrogen functional groups attached to an aromatic ring is 1. The topological polar surface area (TPSA) is 126 Å². The number of hydrogen-bond donors (Lipinski definition) is 2. The van der Waals surface area contributed by atoms with Crippen molar-refractivity contribution in [2.75, 3.05) is 38.0 Å². The van der Waals surface area contributed by atoms with Gasteiger partial charge in [0.1, 0.15) is 17.9 Å². The summed E-state index contributed by atoms with van der Waals surface area (Å²) in [5, 5.41) is 5.70. The van der Waals surface area contributed by atoms with Gasteiger partial charge < -0.3 is 29.8 Å². The third-order valence-electron chi connectivity index (χ3n) is 3.55. The molecule has 0 aliphatic heterocycles. The van der Waals surface area contributed by atoms with Crippen molar-refractivity contribution in [3.8, 4) is 5.75 Å². The predicted octanol–water partition coefficient (Wildman–Crippen LogP) is 2.40. The molecule has 29 heavy (non-hydrogen) atoms. The minimum atomic E-state index is -4.62. The van der Waals surface area contributed by atoms with E-state index in [-0.39, 0.29) is 41.8 Å². The van der Waals surface area contributed by atoms with Crippen LogP contribution in [0.15, 0.2) is 22.7 Å². The van der Waals surface area contributed by atoms with Gasteiger partial charge in [-0.3, -0.25) is 4.79 Å². The Kier molecular flexibility index (Phi) is 7.04. The highest BCUT2D eigenvalue weighted by Gasteiger charge is 2.31. The average molecular weight is 417 g/mol. The number of alkyl halides is 3. The zero-order valence-corrected chi connectivity index (χ0v) is 15.5. The molecule has 0 spiro atoms. The van der Waals surface area contributed by atoms with Crippen LogP contribution in [0.25, 0.3) is 0 Å². The number of aromatic nitrogens is 1. The summed E-state index contributed by atoms with van der Waals surface area (Å²) in [5.74, 6) is -2.13. The van der Waals surface area contributed by atoms with Crippen LogP contribution >= 0.6 is 0 Å². The molecule has 1 amide bonds. The molecule has 0 unspecified atom stereocenters. The van der Waals surface area contributed by atoms with Crippen LogP contribution in [0.1, 0.15) is 21.6 Å². The van der Waals surface area contributed by atoms with E-state index in [1.165, 1.54) is 14.0 Å². The highest BCUT2D eigenvalue weighted by atomic mass is 19.4. The molecule has 3 N–H and O–H groups in total. The molecule has 2 rings (SSSR count). The smallest absolute Gasteiger partial charge is 0.416 e. The number of carbonyl (C=O) groups is 2. The van der Waals surface area contributed by atoms with E-state index in [1.807, 2.05) is 0 Å². The number of anilines is 2. The van der Waals surface area contributed by atoms with Gasteiger partial charge in [0, 0.05) is 7.11 Å². The maximum Gasteiger partial charge on any atom is 0.416 e. The highest BCUT2D eigenvalue weighted by Crippen LogP contribution is 2.35. The summed E-state index contributed by atoms with van der Waals surface area (Å²) in [4.78, 5) is 24.0. The Hall–Kier alpha value is -3.28. The number of nitrogens with zero attached hydrogens (tertiary/aromatic N) is 1. The molecule has 158 valence electrons. The normalized spacial score (nSPS) is 11.2. The number of hydrogen-bond acceptors (Lipinski definition) is 8. The molecule has 0 atom stereocenters. The molecule has 0 aliphatic rings. The summed E-state index contributed by atoms with van der Waals surface area (Å²) in [6.45, 7) is 0.900. The summed E-state index contributed by atoms with van der Waals surface area (Å²) < 4.78 is 58.4. The van der Waals surface area contributed by atoms with Crippen molar-refractivity contribution in [2.24, 2.45) is 0 Å². The Balaban J connectivity index is 2.09. The van der Waals surface area contributed by atoms with Crippen molar-refractivity contribution in [1.29, 1.82) is 0 Å². The van der Waals surface area contributed by atoms with Gasteiger partial charge in [0.25, 0.3) is 5.91 Å². The van der Waals surface area contributed by atoms with Crippen molar-refractivity contribution in [3.63, 3.8) is 0 Å². The molecule has 0 saturated carbocycles. The fourth-order valence-corrected chi connectivity index (χ4v) is 2.19. The van der Waals surface area contributed by atoms with Crippen molar-refractivity contribution >= 4 is 23.4 Å². The van der Waals surface area contributed by atoms with Crippen LogP contribution in [-0.4, -0.2) is 44.0 Å². The molecule has 0 radical (unpaired) electrons. The molecule has 0 aliphatic carbocycles. The minimum absolute atomic E-state index is 0.00569. The molecular weight excluding hydrogens is 399 g/mol. The summed E-state index contributed by atoms with van der Waals surface area (Å²) in [7, 11) is 1.43. The monoisotopic (exact) mass is 417 g/mol. The highest BCUT2D eigenvalue weighted by molar-refractivity contribution is 5.98. The standard InChI is InChI=1S/C17H18F3N3O6/c1-9-14(15(21)29-23-9)16(25)28-8-13(24)22-11-7-10(17(18,19)20)3-4-12(11)27-6-5-26-2/h3-4,7H,5-6,8,21H2,1-2H3,(H,22,24). The third-order valence-corrected chi connectivity index (χ3v) is 3.55. The summed E-state index contributed by atoms with van der Waals surface area (Å²) in [5.41, 5.74) is 4.24. The van der Waals surface area contributed by atoms with Gasteiger partial charge in [-0.15, -0.1) is 0 Å². The number of amides is 1. The quantitative estimate of drug-likeness (QED) is 0.495. The van der Waals surface area contributed by atoms with Crippen LogP contribution in [0, 0.1) is 6.92 Å². The number of halogens is 3. The van der Waals surface area contributed by atoms with Crippen LogP contribution in [0.5, 0.6) is 5.75 Å². The number of rotatable bonds is 8. The molecule has 0 bridgehead atoms. The first kappa shape index (κ1) is 22.0. The summed E-state index contributed by atoms with van der Waals surface area (Å²) in [6.07, 6.45) is -4.62. The molecule has 9 nitrogen and oxygen atoms in total. The molecule has 0 fully saturated rings. The average Bonchev–Trinajstić information content (AvgIpc) is 2.98. The van der Waals surface area contributed by atoms with Gasteiger partial charge in [0.2, 0.25) is 5.88 Å². The Morgan fingerprint density at radius 1 is 1.28 bits per heavy atom. The van der Waals surface area contributed by atoms with Crippen molar-refractivity contribution in [1.82, 2.24) is 5.16 Å². The third kappa shape index (κ3) is 5.85. The van der Waals surface area contributed by atoms with Crippen LogP contribution < -0.4 is 15.8 Å². The fourth-order valence-electron chi connectivity index (χ4n) is 2.19. The van der Waals surface area contributed by atoms with E-state index in [0.717, 1.165) is 12.1 Å². The van der Waals surface area contributed by atoms with Crippen molar-refractivity contribution < 1.29 is 41.5 Å². The van der Waals surface area contributed by atoms with Crippen LogP contribution in [-0.2, 0) is 20.4 Å². The number of esters is 1. The molecule has 12 heteroatoms. The second-order valence-electron chi connectivity index (χ2n) is 5.68. The maximum atomic E-state index is 13.0. The zero-order chi connectivity index (χ0) is 21.6. The van der Waals surface area contributed by atoms with Crippen molar-refractivity contribution in [3.05, 3.63) is 35.0 Å². The summed E-state index contributed by atoms with van der Waals surface area (Å²) in [6, 6.07) is 2.60. The second kappa shape index (κ2) is 9.28. The van der Waals surface area contributed by atoms with E-state index in [4.69, 9.17) is 19.9 Å². The SMILES string of the molecule is COCCOc1ccc(C(F)(F)F)cc1NC(=O)COC(=O)c1c(C)noc1N. The van der Waals surface area contributed by atoms with Gasteiger partial charge in [-0.25, -0.2) is 4.79 Å². The van der Waals surface area contributed by atoms with Gasteiger partial charge in [-0.2, -0.15) is 13.2 Å². The number of ether oxygens (including phenoxy) is 3. The van der Waals surface area contributed by atoms with Gasteiger partial charge in [-0.05, 0) is 25.1 Å². The number of nitrogens with one attached hydrogen (secondary N) is 1. The van der Waals surface area contributed by atoms with Crippen LogP contribution in [0.2, 0.25) is 0 Å². The van der Waals surface area contributed by atoms with Gasteiger partial charge in [0.05, 0.1) is 23.6 Å². The van der Waals surface area contributed by atoms with Gasteiger partial charge >= 0.3 is 12.1 Å². The van der Waals surface area contributed by atoms with Gasteiger partial charge in [-0.1, -0.05) is 5.16 Å². The molecule has 0 saturated heterocycles. The van der Waals surface area contributed by atoms with Crippen LogP contribution in [0.4, 0.5) is 24.7 Å². The van der Waals surface area contributed by atoms with E-state index >= 15 is 0 Å². The number of carbonyl (C=O) groups excluding carboxylic acids is 2. The Labute approximate surface area is 162 Å². The number of aryl methyl sites for hydroxylation is 1. The first-order chi connectivity index (χ1) is 13.6. The second-order valence-corrected chi connectivity index (χ2v) is 5.68. The fraction of sp³-hybridized carbons (Fsp3) is 0.353. The molecule has 2 aromatic rings. The predicted molar refractivity (Wildman–Crippen MR) is 93.4 cm³/mol. The molecule has 1 heterocycles. The summed E-state index contributed by atoms with van der Waals surface area (Å²) >= 11 is 0. The molecule has 1 aromatic carbocycles. The lowest BCUT2D eigenvalue weighted by molar-refractivity contribution is -0.137. The zero-order valence-electron chi connectivity index (χ0n) is 15.5. The van der Waals surface area contributed by atoms with E-state index in [2.05, 4.69) is 15.0 Å². The minimum Gasteiger partial charge on any atom is -0.489 e. The molecule has 1 aromatic heterocycles. The number of methoxy groups -OCH3 is 1. The van der Waals surface area contributed by atoms with E-state index in [0.29, 0.717) is 6.07 Å². The lowest BCUT2D eigenvalue weighted by Gasteiger charge is -2.15. The van der Waals surface area contributed by atoms with E-state index in [9.17, 15) is 22.8 Å². The molecular formula is C17H18F3N3O6. The van der Waals surface area contributed by atoms with E-state index in [1.54, 1.807) is 0 Å². The van der Waals surface area contributed by atoms with Crippen molar-refractivity contribution in [2.45, 2.75) is 13.1 Å². The largest absolute Gasteiger partial charge is 0.489 e. The number of benzene rings is 1. The lowest BCUT2D eigenvalue weighted by atomic mass is 10.1. The Morgan fingerprint density at radius 3 is 2.59 bits per heavy atom. The first-order valence-corrected chi connectivity index (χ1v) is 8.15. The maximum absolute atomic E-state index is 13.0. The first-order valence-electron chi connectivity index (χ1n) is 8.15. The Morgan fingerprint density at radius 2 is 2.00 bits per heavy atom. The van der Waals surface area contributed by atoms with Crippen LogP contribution in [0.3, 0.4) is 0 Å². The lowest BCUT2D eigenvalue weighted by Crippen LogP contribution is -2.22. The van der Waals surface area contributed by atoms with Gasteiger partial charge in [0.15, 0.2) is 6.61 Å². The van der Waals surface area contributed by atoms with E-state index < -0.39 is 30.2 Å². The Bertz CT molecular complexity index is 862.